The van der Waals surface area contributed by atoms with Gasteiger partial charge in [-0.1, -0.05) is 17.4 Å². The second-order valence-corrected chi connectivity index (χ2v) is 4.95. The average molecular weight is 284 g/mol. The molecule has 0 atom stereocenters. The highest BCUT2D eigenvalue weighted by molar-refractivity contribution is 7.18. The molecule has 20 heavy (non-hydrogen) atoms. The van der Waals surface area contributed by atoms with Crippen molar-refractivity contribution in [1.82, 2.24) is 19.8 Å². The van der Waals surface area contributed by atoms with E-state index in [4.69, 9.17) is 5.26 Å². The number of fused-ring (bicyclic) bond motifs is 1. The highest BCUT2D eigenvalue weighted by Gasteiger charge is 2.15. The summed E-state index contributed by atoms with van der Waals surface area (Å²) >= 11 is 1.16. The van der Waals surface area contributed by atoms with Crippen molar-refractivity contribution in [3.8, 4) is 6.07 Å². The standard InChI is InChI=1S/C12H8N6OS/c1-7-15-16-12-18(7)17-11(20-12)10(19)14-9-4-2-3-8(5-9)6-13/h2-5H,1H3,(H,14,19). The Morgan fingerprint density at radius 1 is 1.45 bits per heavy atom. The smallest absolute Gasteiger partial charge is 0.286 e. The fourth-order valence-corrected chi connectivity index (χ4v) is 2.44. The molecule has 0 fully saturated rings. The molecular formula is C12H8N6OS. The van der Waals surface area contributed by atoms with Gasteiger partial charge in [-0.3, -0.25) is 4.79 Å². The van der Waals surface area contributed by atoms with Crippen LogP contribution in [0, 0.1) is 18.3 Å². The normalized spacial score (nSPS) is 10.4. The predicted octanol–water partition coefficient (Wildman–Crippen LogP) is 1.62. The van der Waals surface area contributed by atoms with Crippen LogP contribution in [0.15, 0.2) is 24.3 Å². The zero-order valence-electron chi connectivity index (χ0n) is 10.4. The minimum absolute atomic E-state index is 0.292. The fourth-order valence-electron chi connectivity index (χ4n) is 1.66. The average Bonchev–Trinajstić information content (AvgIpc) is 3.02. The van der Waals surface area contributed by atoms with Gasteiger partial charge < -0.3 is 5.32 Å². The maximum Gasteiger partial charge on any atom is 0.286 e. The van der Waals surface area contributed by atoms with Crippen molar-refractivity contribution in [3.63, 3.8) is 0 Å². The number of anilines is 1. The molecule has 0 spiro atoms. The lowest BCUT2D eigenvalue weighted by atomic mass is 10.2. The molecule has 0 unspecified atom stereocenters. The van der Waals surface area contributed by atoms with Crippen molar-refractivity contribution in [2.75, 3.05) is 5.32 Å². The van der Waals surface area contributed by atoms with E-state index < -0.39 is 0 Å². The van der Waals surface area contributed by atoms with Crippen LogP contribution in [-0.4, -0.2) is 25.7 Å². The van der Waals surface area contributed by atoms with E-state index in [1.807, 2.05) is 6.07 Å². The van der Waals surface area contributed by atoms with Crippen LogP contribution in [-0.2, 0) is 0 Å². The second kappa shape index (κ2) is 4.71. The van der Waals surface area contributed by atoms with Crippen LogP contribution in [0.3, 0.4) is 0 Å². The number of carbonyl (C=O) groups is 1. The summed E-state index contributed by atoms with van der Waals surface area (Å²) in [6.07, 6.45) is 0. The zero-order valence-corrected chi connectivity index (χ0v) is 11.2. The SMILES string of the molecule is Cc1nnc2sc(C(=O)Nc3cccc(C#N)c3)nn12. The van der Waals surface area contributed by atoms with Crippen molar-refractivity contribution < 1.29 is 4.79 Å². The third-order valence-corrected chi connectivity index (χ3v) is 3.49. The number of hydrogen-bond acceptors (Lipinski definition) is 6. The first-order valence-corrected chi connectivity index (χ1v) is 6.49. The Kier molecular flexibility index (Phi) is 2.89. The van der Waals surface area contributed by atoms with Crippen molar-refractivity contribution in [1.29, 1.82) is 5.26 Å². The summed E-state index contributed by atoms with van der Waals surface area (Å²) in [4.78, 5) is 12.7. The van der Waals surface area contributed by atoms with Gasteiger partial charge in [0.2, 0.25) is 9.97 Å². The Balaban J connectivity index is 1.87. The van der Waals surface area contributed by atoms with Gasteiger partial charge in [-0.15, -0.1) is 15.3 Å². The first-order chi connectivity index (χ1) is 9.67. The number of carbonyl (C=O) groups excluding carboxylic acids is 1. The quantitative estimate of drug-likeness (QED) is 0.771. The van der Waals surface area contributed by atoms with E-state index in [0.717, 1.165) is 11.3 Å². The highest BCUT2D eigenvalue weighted by atomic mass is 32.1. The minimum atomic E-state index is -0.338. The lowest BCUT2D eigenvalue weighted by Gasteiger charge is -2.02. The number of nitrogens with zero attached hydrogens (tertiary/aromatic N) is 5. The summed E-state index contributed by atoms with van der Waals surface area (Å²) in [5, 5.41) is 23.7. The van der Waals surface area contributed by atoms with Crippen LogP contribution in [0.25, 0.3) is 4.96 Å². The summed E-state index contributed by atoms with van der Waals surface area (Å²) in [6.45, 7) is 1.76. The maximum atomic E-state index is 12.1. The van der Waals surface area contributed by atoms with Crippen molar-refractivity contribution >= 4 is 27.9 Å². The molecule has 0 saturated heterocycles. The summed E-state index contributed by atoms with van der Waals surface area (Å²) in [6, 6.07) is 8.71. The third-order valence-electron chi connectivity index (χ3n) is 2.59. The van der Waals surface area contributed by atoms with Crippen LogP contribution in [0.1, 0.15) is 21.2 Å². The van der Waals surface area contributed by atoms with Crippen molar-refractivity contribution in [2.45, 2.75) is 6.92 Å². The lowest BCUT2D eigenvalue weighted by Crippen LogP contribution is -2.12. The van der Waals surface area contributed by atoms with Gasteiger partial charge in [-0.25, -0.2) is 0 Å². The monoisotopic (exact) mass is 284 g/mol. The van der Waals surface area contributed by atoms with E-state index in [0.29, 0.717) is 27.0 Å². The molecule has 0 saturated carbocycles. The first-order valence-electron chi connectivity index (χ1n) is 5.68. The Morgan fingerprint density at radius 3 is 3.05 bits per heavy atom. The Bertz CT molecular complexity index is 843. The molecule has 3 aromatic rings. The molecule has 0 bridgehead atoms. The molecule has 7 nitrogen and oxygen atoms in total. The van der Waals surface area contributed by atoms with Gasteiger partial charge in [0.15, 0.2) is 5.82 Å². The maximum absolute atomic E-state index is 12.1. The largest absolute Gasteiger partial charge is 0.320 e. The number of amides is 1. The van der Waals surface area contributed by atoms with E-state index in [1.54, 1.807) is 31.2 Å². The van der Waals surface area contributed by atoms with Crippen LogP contribution in [0.2, 0.25) is 0 Å². The van der Waals surface area contributed by atoms with Crippen molar-refractivity contribution in [2.24, 2.45) is 0 Å². The molecular weight excluding hydrogens is 276 g/mol. The van der Waals surface area contributed by atoms with E-state index in [-0.39, 0.29) is 5.91 Å². The van der Waals surface area contributed by atoms with E-state index >= 15 is 0 Å². The molecule has 1 amide bonds. The first kappa shape index (κ1) is 12.3. The number of rotatable bonds is 2. The molecule has 0 radical (unpaired) electrons. The van der Waals surface area contributed by atoms with E-state index in [9.17, 15) is 4.79 Å². The summed E-state index contributed by atoms with van der Waals surface area (Å²) in [5.41, 5.74) is 1.04. The lowest BCUT2D eigenvalue weighted by molar-refractivity contribution is 0.102. The number of aryl methyl sites for hydroxylation is 1. The van der Waals surface area contributed by atoms with Gasteiger partial charge in [0, 0.05) is 5.69 Å². The molecule has 0 aliphatic heterocycles. The number of aromatic nitrogens is 4. The van der Waals surface area contributed by atoms with Gasteiger partial charge in [-0.05, 0) is 25.1 Å². The fraction of sp³-hybridized carbons (Fsp3) is 0.0833. The molecule has 1 N–H and O–H groups in total. The van der Waals surface area contributed by atoms with Gasteiger partial charge in [0.25, 0.3) is 5.91 Å². The molecule has 2 aromatic heterocycles. The predicted molar refractivity (Wildman–Crippen MR) is 72.5 cm³/mol. The zero-order chi connectivity index (χ0) is 14.1. The Labute approximate surface area is 117 Å². The summed E-state index contributed by atoms with van der Waals surface area (Å²) < 4.78 is 1.52. The Morgan fingerprint density at radius 2 is 2.30 bits per heavy atom. The van der Waals surface area contributed by atoms with E-state index in [2.05, 4.69) is 20.6 Å². The number of nitriles is 1. The number of hydrogen-bond donors (Lipinski definition) is 1. The van der Waals surface area contributed by atoms with Gasteiger partial charge in [-0.2, -0.15) is 9.78 Å². The van der Waals surface area contributed by atoms with Crippen molar-refractivity contribution in [3.05, 3.63) is 40.7 Å². The molecule has 2 heterocycles. The van der Waals surface area contributed by atoms with Gasteiger partial charge in [0.05, 0.1) is 11.6 Å². The van der Waals surface area contributed by atoms with Gasteiger partial charge >= 0.3 is 0 Å². The van der Waals surface area contributed by atoms with Crippen LogP contribution < -0.4 is 5.32 Å². The van der Waals surface area contributed by atoms with Gasteiger partial charge in [0.1, 0.15) is 0 Å². The van der Waals surface area contributed by atoms with Crippen LogP contribution in [0.5, 0.6) is 0 Å². The molecule has 98 valence electrons. The second-order valence-electron chi connectivity index (χ2n) is 4.00. The molecule has 3 rings (SSSR count). The number of nitrogens with one attached hydrogen (secondary N) is 1. The van der Waals surface area contributed by atoms with Crippen LogP contribution in [0.4, 0.5) is 5.69 Å². The minimum Gasteiger partial charge on any atom is -0.320 e. The summed E-state index contributed by atoms with van der Waals surface area (Å²) in [7, 11) is 0. The topological polar surface area (TPSA) is 96.0 Å². The molecule has 0 aliphatic rings. The number of benzene rings is 1. The van der Waals surface area contributed by atoms with Crippen LogP contribution >= 0.6 is 11.3 Å². The summed E-state index contributed by atoms with van der Waals surface area (Å²) in [5.74, 6) is 0.289. The molecule has 8 heteroatoms. The highest BCUT2D eigenvalue weighted by Crippen LogP contribution is 2.16. The molecule has 1 aromatic carbocycles. The Hall–Kier alpha value is -2.79. The molecule has 0 aliphatic carbocycles. The van der Waals surface area contributed by atoms with E-state index in [1.165, 1.54) is 4.52 Å². The third kappa shape index (κ3) is 2.10.